The molecule has 9 heteroatoms. The molecule has 8 nitrogen and oxygen atoms in total. The second-order valence-corrected chi connectivity index (χ2v) is 7.80. The van der Waals surface area contributed by atoms with Gasteiger partial charge in [0.1, 0.15) is 5.82 Å². The summed E-state index contributed by atoms with van der Waals surface area (Å²) in [4.78, 5) is 24.6. The van der Waals surface area contributed by atoms with Gasteiger partial charge in [0.15, 0.2) is 5.65 Å². The van der Waals surface area contributed by atoms with E-state index >= 15 is 0 Å². The number of carboxylic acids is 1. The van der Waals surface area contributed by atoms with Gasteiger partial charge in [-0.05, 0) is 46.3 Å². The maximum atomic E-state index is 11.2. The Kier molecular flexibility index (Phi) is 4.87. The number of carboxylic acid groups (broad SMARTS) is 1. The van der Waals surface area contributed by atoms with Crippen molar-refractivity contribution < 1.29 is 9.90 Å². The number of benzene rings is 1. The Morgan fingerprint density at radius 2 is 1.75 bits per heavy atom. The summed E-state index contributed by atoms with van der Waals surface area (Å²) in [5.74, 6) is -0.600. The number of hydrogen-bond donors (Lipinski definition) is 2. The number of nitrogen functional groups attached to an aromatic ring is 1. The smallest absolute Gasteiger partial charge is 0.335 e. The number of nitrogens with zero attached hydrogens (tertiary/aromatic N) is 5. The zero-order valence-corrected chi connectivity index (χ0v) is 18.1. The third-order valence-corrected chi connectivity index (χ3v) is 5.84. The highest BCUT2D eigenvalue weighted by molar-refractivity contribution is 9.10. The second kappa shape index (κ2) is 7.86. The minimum absolute atomic E-state index is 0.198. The number of halogens is 1. The average Bonchev–Trinajstić information content (AvgIpc) is 3.26. The summed E-state index contributed by atoms with van der Waals surface area (Å²) in [6.07, 6.45) is 6.95. The van der Waals surface area contributed by atoms with Crippen LogP contribution in [0.15, 0.2) is 77.8 Å². The fourth-order valence-corrected chi connectivity index (χ4v) is 3.88. The molecule has 0 aliphatic rings. The molecular weight excluding hydrogens is 472 g/mol. The van der Waals surface area contributed by atoms with Crippen molar-refractivity contribution in [3.05, 3.63) is 83.4 Å². The molecule has 0 amide bonds. The molecule has 0 atom stereocenters. The topological polar surface area (TPSA) is 119 Å². The molecule has 3 N–H and O–H groups in total. The van der Waals surface area contributed by atoms with Gasteiger partial charge in [-0.15, -0.1) is 0 Å². The van der Waals surface area contributed by atoms with Crippen molar-refractivity contribution in [2.45, 2.75) is 0 Å². The number of fused-ring (bicyclic) bond motifs is 1. The van der Waals surface area contributed by atoms with E-state index in [0.717, 1.165) is 27.9 Å². The monoisotopic (exact) mass is 486 g/mol. The summed E-state index contributed by atoms with van der Waals surface area (Å²) in [6, 6.07) is 14.2. The molecule has 4 heterocycles. The maximum absolute atomic E-state index is 11.2. The number of pyridine rings is 2. The standard InChI is InChI=1S/C23H15BrN6O2/c24-19-20(13-3-5-14(6-4-13)23(31)32)29-22-17(12-28-30(22)21(19)25)15-7-8-18(27-11-15)16-2-1-9-26-10-16/h1-12H,25H2,(H,31,32). The predicted octanol–water partition coefficient (Wildman–Crippen LogP) is 4.56. The van der Waals surface area contributed by atoms with Gasteiger partial charge in [-0.3, -0.25) is 9.97 Å². The SMILES string of the molecule is Nc1c(Br)c(-c2ccc(C(=O)O)cc2)nc2c(-c3ccc(-c4cccnc4)nc3)cnn12. The first-order valence-corrected chi connectivity index (χ1v) is 10.4. The van der Waals surface area contributed by atoms with Crippen molar-refractivity contribution in [1.82, 2.24) is 24.6 Å². The van der Waals surface area contributed by atoms with Gasteiger partial charge in [-0.25, -0.2) is 9.78 Å². The van der Waals surface area contributed by atoms with Crippen LogP contribution in [0.2, 0.25) is 0 Å². The molecule has 0 aliphatic heterocycles. The van der Waals surface area contributed by atoms with Crippen LogP contribution in [0, 0.1) is 0 Å². The van der Waals surface area contributed by atoms with Crippen molar-refractivity contribution in [2.75, 3.05) is 5.73 Å². The van der Waals surface area contributed by atoms with Gasteiger partial charge in [0, 0.05) is 40.8 Å². The van der Waals surface area contributed by atoms with Crippen molar-refractivity contribution >= 4 is 33.4 Å². The summed E-state index contributed by atoms with van der Waals surface area (Å²) in [5.41, 5.74) is 11.8. The van der Waals surface area contributed by atoms with E-state index in [4.69, 9.17) is 15.8 Å². The third kappa shape index (κ3) is 3.38. The molecule has 0 radical (unpaired) electrons. The molecule has 1 aromatic carbocycles. The van der Waals surface area contributed by atoms with E-state index in [0.29, 0.717) is 21.6 Å². The number of anilines is 1. The first-order chi connectivity index (χ1) is 15.5. The van der Waals surface area contributed by atoms with E-state index in [1.165, 1.54) is 12.1 Å². The van der Waals surface area contributed by atoms with E-state index in [9.17, 15) is 4.79 Å². The van der Waals surface area contributed by atoms with Gasteiger partial charge in [0.05, 0.1) is 27.6 Å². The van der Waals surface area contributed by atoms with Crippen LogP contribution < -0.4 is 5.73 Å². The van der Waals surface area contributed by atoms with Crippen molar-refractivity contribution in [3.63, 3.8) is 0 Å². The van der Waals surface area contributed by atoms with Crippen molar-refractivity contribution in [1.29, 1.82) is 0 Å². The molecule has 0 aliphatic carbocycles. The highest BCUT2D eigenvalue weighted by Crippen LogP contribution is 2.35. The molecule has 0 fully saturated rings. The first-order valence-electron chi connectivity index (χ1n) is 9.56. The Bertz CT molecular complexity index is 1450. The third-order valence-electron chi connectivity index (χ3n) is 5.06. The molecule has 0 saturated carbocycles. The Morgan fingerprint density at radius 3 is 2.41 bits per heavy atom. The van der Waals surface area contributed by atoms with Gasteiger partial charge in [-0.1, -0.05) is 18.2 Å². The summed E-state index contributed by atoms with van der Waals surface area (Å²) in [7, 11) is 0. The lowest BCUT2D eigenvalue weighted by atomic mass is 10.1. The molecule has 156 valence electrons. The molecule has 5 rings (SSSR count). The Labute approximate surface area is 190 Å². The zero-order valence-electron chi connectivity index (χ0n) is 16.5. The summed E-state index contributed by atoms with van der Waals surface area (Å²) in [6.45, 7) is 0. The Balaban J connectivity index is 1.60. The minimum Gasteiger partial charge on any atom is -0.478 e. The molecule has 0 bridgehead atoms. The fraction of sp³-hybridized carbons (Fsp3) is 0. The van der Waals surface area contributed by atoms with Crippen molar-refractivity contribution in [3.8, 4) is 33.6 Å². The molecule has 0 saturated heterocycles. The molecule has 0 spiro atoms. The molecular formula is C23H15BrN6O2. The van der Waals surface area contributed by atoms with Gasteiger partial charge >= 0.3 is 5.97 Å². The van der Waals surface area contributed by atoms with Crippen LogP contribution in [0.4, 0.5) is 5.82 Å². The van der Waals surface area contributed by atoms with Crippen LogP contribution in [0.25, 0.3) is 39.3 Å². The number of nitrogens with two attached hydrogens (primary N) is 1. The highest BCUT2D eigenvalue weighted by atomic mass is 79.9. The maximum Gasteiger partial charge on any atom is 0.335 e. The second-order valence-electron chi connectivity index (χ2n) is 7.01. The molecule has 32 heavy (non-hydrogen) atoms. The molecule has 5 aromatic rings. The van der Waals surface area contributed by atoms with E-state index < -0.39 is 5.97 Å². The van der Waals surface area contributed by atoms with Crippen molar-refractivity contribution in [2.24, 2.45) is 0 Å². The summed E-state index contributed by atoms with van der Waals surface area (Å²) < 4.78 is 2.14. The normalized spacial score (nSPS) is 11.0. The lowest BCUT2D eigenvalue weighted by Gasteiger charge is -2.10. The summed E-state index contributed by atoms with van der Waals surface area (Å²) >= 11 is 3.50. The van der Waals surface area contributed by atoms with Crippen LogP contribution in [-0.2, 0) is 0 Å². The van der Waals surface area contributed by atoms with Crippen LogP contribution in [-0.4, -0.2) is 35.6 Å². The lowest BCUT2D eigenvalue weighted by Crippen LogP contribution is -2.04. The molecule has 0 unspecified atom stereocenters. The Hall–Kier alpha value is -4.11. The van der Waals surface area contributed by atoms with Gasteiger partial charge in [-0.2, -0.15) is 9.61 Å². The number of aromatic carboxylic acids is 1. The van der Waals surface area contributed by atoms with Crippen LogP contribution in [0.3, 0.4) is 0 Å². The Morgan fingerprint density at radius 1 is 0.969 bits per heavy atom. The van der Waals surface area contributed by atoms with Crippen LogP contribution >= 0.6 is 15.9 Å². The van der Waals surface area contributed by atoms with E-state index in [2.05, 4.69) is 31.0 Å². The van der Waals surface area contributed by atoms with Crippen LogP contribution in [0.5, 0.6) is 0 Å². The zero-order chi connectivity index (χ0) is 22.2. The summed E-state index contributed by atoms with van der Waals surface area (Å²) in [5, 5.41) is 13.5. The average molecular weight is 487 g/mol. The lowest BCUT2D eigenvalue weighted by molar-refractivity contribution is 0.0697. The molecule has 4 aromatic heterocycles. The van der Waals surface area contributed by atoms with Gasteiger partial charge < -0.3 is 10.8 Å². The number of aromatic nitrogens is 5. The first kappa shape index (κ1) is 19.8. The van der Waals surface area contributed by atoms with Gasteiger partial charge in [0.2, 0.25) is 0 Å². The van der Waals surface area contributed by atoms with E-state index in [1.807, 2.05) is 24.3 Å². The highest BCUT2D eigenvalue weighted by Gasteiger charge is 2.18. The van der Waals surface area contributed by atoms with E-state index in [-0.39, 0.29) is 5.56 Å². The fourth-order valence-electron chi connectivity index (χ4n) is 3.40. The number of rotatable bonds is 4. The minimum atomic E-state index is -0.987. The predicted molar refractivity (Wildman–Crippen MR) is 124 cm³/mol. The number of carbonyl (C=O) groups is 1. The van der Waals surface area contributed by atoms with E-state index in [1.54, 1.807) is 41.4 Å². The number of hydrogen-bond acceptors (Lipinski definition) is 6. The van der Waals surface area contributed by atoms with Crippen LogP contribution in [0.1, 0.15) is 10.4 Å². The quantitative estimate of drug-likeness (QED) is 0.381. The largest absolute Gasteiger partial charge is 0.478 e. The van der Waals surface area contributed by atoms with Gasteiger partial charge in [0.25, 0.3) is 0 Å².